The first-order valence-electron chi connectivity index (χ1n) is 7.51. The number of ether oxygens (including phenoxy) is 1. The van der Waals surface area contributed by atoms with Crippen LogP contribution in [-0.4, -0.2) is 21.1 Å². The molecule has 0 saturated heterocycles. The van der Waals surface area contributed by atoms with E-state index in [9.17, 15) is 13.2 Å². The van der Waals surface area contributed by atoms with E-state index in [0.717, 1.165) is 5.56 Å². The largest absolute Gasteiger partial charge is 0.445 e. The minimum atomic E-state index is -3.69. The van der Waals surface area contributed by atoms with Gasteiger partial charge in [0, 0.05) is 18.5 Å². The van der Waals surface area contributed by atoms with Crippen molar-refractivity contribution >= 4 is 16.1 Å². The lowest BCUT2D eigenvalue weighted by atomic mass is 10.2. The quantitative estimate of drug-likeness (QED) is 0.631. The van der Waals surface area contributed by atoms with Gasteiger partial charge in [-0.05, 0) is 29.8 Å². The maximum absolute atomic E-state index is 11.5. The van der Waals surface area contributed by atoms with Crippen molar-refractivity contribution in [2.75, 3.05) is 6.54 Å². The molecule has 25 heavy (non-hydrogen) atoms. The topological polar surface area (TPSA) is 98.5 Å². The summed E-state index contributed by atoms with van der Waals surface area (Å²) >= 11 is 0. The fourth-order valence-electron chi connectivity index (χ4n) is 1.89. The summed E-state index contributed by atoms with van der Waals surface area (Å²) in [5.74, 6) is 5.77. The van der Waals surface area contributed by atoms with E-state index in [1.807, 2.05) is 30.3 Å². The molecule has 0 spiro atoms. The van der Waals surface area contributed by atoms with Crippen molar-refractivity contribution in [1.29, 1.82) is 0 Å². The molecule has 2 aromatic rings. The highest BCUT2D eigenvalue weighted by Crippen LogP contribution is 2.07. The highest BCUT2D eigenvalue weighted by Gasteiger charge is 2.05. The number of primary sulfonamides is 1. The maximum Gasteiger partial charge on any atom is 0.407 e. The molecule has 0 fully saturated rings. The van der Waals surface area contributed by atoms with Crippen LogP contribution >= 0.6 is 0 Å². The van der Waals surface area contributed by atoms with E-state index in [1.165, 1.54) is 12.1 Å². The predicted octanol–water partition coefficient (Wildman–Crippen LogP) is 2.00. The molecule has 0 heterocycles. The van der Waals surface area contributed by atoms with Crippen LogP contribution in [0.3, 0.4) is 0 Å². The Morgan fingerprint density at radius 1 is 1.08 bits per heavy atom. The van der Waals surface area contributed by atoms with Gasteiger partial charge in [-0.3, -0.25) is 0 Å². The number of sulfonamides is 1. The summed E-state index contributed by atoms with van der Waals surface area (Å²) in [5.41, 5.74) is 1.58. The third-order valence-electron chi connectivity index (χ3n) is 3.15. The van der Waals surface area contributed by atoms with Gasteiger partial charge in [-0.25, -0.2) is 18.4 Å². The molecular weight excluding hydrogens is 340 g/mol. The Morgan fingerprint density at radius 3 is 2.40 bits per heavy atom. The monoisotopic (exact) mass is 358 g/mol. The van der Waals surface area contributed by atoms with Gasteiger partial charge in [0.15, 0.2) is 0 Å². The van der Waals surface area contributed by atoms with Gasteiger partial charge in [-0.1, -0.05) is 42.2 Å². The molecule has 6 nitrogen and oxygen atoms in total. The molecule has 7 heteroatoms. The van der Waals surface area contributed by atoms with Crippen molar-refractivity contribution in [3.8, 4) is 11.8 Å². The van der Waals surface area contributed by atoms with Crippen molar-refractivity contribution in [3.05, 3.63) is 65.7 Å². The van der Waals surface area contributed by atoms with Crippen LogP contribution in [0.25, 0.3) is 0 Å². The Hall–Kier alpha value is -2.82. The zero-order valence-corrected chi connectivity index (χ0v) is 14.3. The highest BCUT2D eigenvalue weighted by molar-refractivity contribution is 7.89. The van der Waals surface area contributed by atoms with E-state index in [2.05, 4.69) is 17.2 Å². The average molecular weight is 358 g/mol. The van der Waals surface area contributed by atoms with Gasteiger partial charge in [-0.15, -0.1) is 0 Å². The molecule has 1 amide bonds. The minimum absolute atomic E-state index is 0.0425. The second kappa shape index (κ2) is 8.87. The molecule has 0 unspecified atom stereocenters. The Kier molecular flexibility index (Phi) is 6.57. The Balaban J connectivity index is 1.71. The standard InChI is InChI=1S/C18H18N2O4S/c19-25(22,23)17-11-9-15(10-12-17)6-4-5-13-20-18(21)24-14-16-7-2-1-3-8-16/h1-3,7-12H,5,13-14H2,(H,20,21)(H2,19,22,23). The first kappa shape index (κ1) is 18.5. The molecule has 0 aromatic heterocycles. The number of hydrogen-bond acceptors (Lipinski definition) is 4. The maximum atomic E-state index is 11.5. The van der Waals surface area contributed by atoms with E-state index >= 15 is 0 Å². The van der Waals surface area contributed by atoms with Crippen LogP contribution in [0.4, 0.5) is 4.79 Å². The van der Waals surface area contributed by atoms with Crippen LogP contribution in [-0.2, 0) is 21.4 Å². The van der Waals surface area contributed by atoms with Gasteiger partial charge in [0.05, 0.1) is 4.90 Å². The molecule has 2 rings (SSSR count). The number of benzene rings is 2. The molecule has 130 valence electrons. The van der Waals surface area contributed by atoms with Gasteiger partial charge in [-0.2, -0.15) is 0 Å². The smallest absolute Gasteiger partial charge is 0.407 e. The zero-order valence-electron chi connectivity index (χ0n) is 13.4. The van der Waals surface area contributed by atoms with Crippen LogP contribution in [0.2, 0.25) is 0 Å². The lowest BCUT2D eigenvalue weighted by molar-refractivity contribution is 0.140. The third kappa shape index (κ3) is 6.67. The molecular formula is C18H18N2O4S. The fourth-order valence-corrected chi connectivity index (χ4v) is 2.41. The number of nitrogens with one attached hydrogen (secondary N) is 1. The first-order chi connectivity index (χ1) is 11.9. The molecule has 0 aliphatic heterocycles. The summed E-state index contributed by atoms with van der Waals surface area (Å²) in [6, 6.07) is 15.4. The summed E-state index contributed by atoms with van der Waals surface area (Å²) in [4.78, 5) is 11.6. The molecule has 0 radical (unpaired) electrons. The number of rotatable bonds is 5. The molecule has 0 saturated carbocycles. The summed E-state index contributed by atoms with van der Waals surface area (Å²) in [6.07, 6.45) is -0.0552. The SMILES string of the molecule is NS(=O)(=O)c1ccc(C#CCCNC(=O)OCc2ccccc2)cc1. The third-order valence-corrected chi connectivity index (χ3v) is 4.08. The van der Waals surface area contributed by atoms with E-state index in [-0.39, 0.29) is 11.5 Å². The van der Waals surface area contributed by atoms with Gasteiger partial charge in [0.25, 0.3) is 0 Å². The summed E-state index contributed by atoms with van der Waals surface area (Å²) in [6.45, 7) is 0.574. The molecule has 0 atom stereocenters. The summed E-state index contributed by atoms with van der Waals surface area (Å²) in [7, 11) is -3.69. The second-order valence-electron chi connectivity index (χ2n) is 5.11. The average Bonchev–Trinajstić information content (AvgIpc) is 2.60. The van der Waals surface area contributed by atoms with Crippen LogP contribution in [0.1, 0.15) is 17.5 Å². The van der Waals surface area contributed by atoms with Crippen LogP contribution in [0.5, 0.6) is 0 Å². The van der Waals surface area contributed by atoms with Crippen LogP contribution < -0.4 is 10.5 Å². The van der Waals surface area contributed by atoms with Gasteiger partial charge in [0.2, 0.25) is 10.0 Å². The molecule has 2 aromatic carbocycles. The zero-order chi connectivity index (χ0) is 18.1. The lowest BCUT2D eigenvalue weighted by Crippen LogP contribution is -2.24. The van der Waals surface area contributed by atoms with Crippen molar-refractivity contribution in [2.45, 2.75) is 17.9 Å². The number of nitrogens with two attached hydrogens (primary N) is 1. The van der Waals surface area contributed by atoms with Crippen molar-refractivity contribution < 1.29 is 17.9 Å². The number of carbonyl (C=O) groups excluding carboxylic acids is 1. The van der Waals surface area contributed by atoms with Gasteiger partial charge < -0.3 is 10.1 Å². The van der Waals surface area contributed by atoms with Crippen LogP contribution in [0.15, 0.2) is 59.5 Å². The predicted molar refractivity (Wildman–Crippen MR) is 93.9 cm³/mol. The first-order valence-corrected chi connectivity index (χ1v) is 9.06. The number of hydrogen-bond donors (Lipinski definition) is 2. The van der Waals surface area contributed by atoms with E-state index < -0.39 is 16.1 Å². The normalized spacial score (nSPS) is 10.4. The van der Waals surface area contributed by atoms with Crippen molar-refractivity contribution in [1.82, 2.24) is 5.32 Å². The Morgan fingerprint density at radius 2 is 1.76 bits per heavy atom. The molecule has 0 bridgehead atoms. The second-order valence-corrected chi connectivity index (χ2v) is 6.67. The van der Waals surface area contributed by atoms with Gasteiger partial charge in [0.1, 0.15) is 6.61 Å². The highest BCUT2D eigenvalue weighted by atomic mass is 32.2. The fraction of sp³-hybridized carbons (Fsp3) is 0.167. The van der Waals surface area contributed by atoms with Gasteiger partial charge >= 0.3 is 6.09 Å². The van der Waals surface area contributed by atoms with Crippen molar-refractivity contribution in [3.63, 3.8) is 0 Å². The van der Waals surface area contributed by atoms with Crippen LogP contribution in [0, 0.1) is 11.8 Å². The molecule has 0 aliphatic carbocycles. The molecule has 0 aliphatic rings. The minimum Gasteiger partial charge on any atom is -0.445 e. The molecule has 3 N–H and O–H groups in total. The van der Waals surface area contributed by atoms with Crippen molar-refractivity contribution in [2.24, 2.45) is 5.14 Å². The van der Waals surface area contributed by atoms with E-state index in [0.29, 0.717) is 18.5 Å². The number of carbonyl (C=O) groups is 1. The lowest BCUT2D eigenvalue weighted by Gasteiger charge is -2.05. The summed E-state index contributed by atoms with van der Waals surface area (Å²) < 4.78 is 27.4. The Bertz CT molecular complexity index is 867. The van der Waals surface area contributed by atoms with E-state index in [4.69, 9.17) is 9.88 Å². The number of amides is 1. The van der Waals surface area contributed by atoms with E-state index in [1.54, 1.807) is 12.1 Å². The Labute approximate surface area is 147 Å². The summed E-state index contributed by atoms with van der Waals surface area (Å²) in [5, 5.41) is 7.63. The number of alkyl carbamates (subject to hydrolysis) is 1.